The van der Waals surface area contributed by atoms with Crippen molar-refractivity contribution in [1.29, 1.82) is 0 Å². The highest BCUT2D eigenvalue weighted by atomic mass is 32.2. The largest absolute Gasteiger partial charge is 0.490 e. The van der Waals surface area contributed by atoms with E-state index in [1.807, 2.05) is 45.0 Å². The number of nitrogens with zero attached hydrogens (tertiary/aromatic N) is 1. The van der Waals surface area contributed by atoms with Gasteiger partial charge in [-0.2, -0.15) is 0 Å². The van der Waals surface area contributed by atoms with E-state index in [4.69, 9.17) is 26.4 Å². The molecule has 0 aromatic heterocycles. The van der Waals surface area contributed by atoms with E-state index in [0.717, 1.165) is 41.8 Å². The zero-order chi connectivity index (χ0) is 25.7. The van der Waals surface area contributed by atoms with Gasteiger partial charge in [-0.05, 0) is 68.5 Å². The SMILES string of the molecule is CCOc1cc(/C=C2\SC(=S)N(C[C@H]3CCCO3)C2=O)ccc1OCC(=O)Nc1c(C)cccc1C. The van der Waals surface area contributed by atoms with Crippen LogP contribution in [0.2, 0.25) is 0 Å². The zero-order valence-corrected chi connectivity index (χ0v) is 22.3. The molecule has 36 heavy (non-hydrogen) atoms. The van der Waals surface area contributed by atoms with Gasteiger partial charge in [-0.15, -0.1) is 0 Å². The van der Waals surface area contributed by atoms with Crippen molar-refractivity contribution < 1.29 is 23.8 Å². The number of benzene rings is 2. The van der Waals surface area contributed by atoms with Gasteiger partial charge in [0.2, 0.25) is 0 Å². The summed E-state index contributed by atoms with van der Waals surface area (Å²) < 4.78 is 17.8. The topological polar surface area (TPSA) is 77.1 Å². The van der Waals surface area contributed by atoms with E-state index in [-0.39, 0.29) is 24.5 Å². The first-order chi connectivity index (χ1) is 17.4. The van der Waals surface area contributed by atoms with Crippen LogP contribution in [-0.2, 0) is 14.3 Å². The second kappa shape index (κ2) is 11.9. The Morgan fingerprint density at radius 2 is 2.00 bits per heavy atom. The van der Waals surface area contributed by atoms with Crippen molar-refractivity contribution in [3.8, 4) is 11.5 Å². The number of hydrogen-bond donors (Lipinski definition) is 1. The maximum atomic E-state index is 13.0. The zero-order valence-electron chi connectivity index (χ0n) is 20.7. The van der Waals surface area contributed by atoms with Gasteiger partial charge in [0.15, 0.2) is 18.1 Å². The molecule has 7 nitrogen and oxygen atoms in total. The van der Waals surface area contributed by atoms with Crippen molar-refractivity contribution >= 4 is 51.9 Å². The van der Waals surface area contributed by atoms with Crippen LogP contribution in [0.4, 0.5) is 5.69 Å². The second-order valence-electron chi connectivity index (χ2n) is 8.67. The molecule has 2 heterocycles. The lowest BCUT2D eigenvalue weighted by Gasteiger charge is -2.18. The normalized spacial score (nSPS) is 18.7. The van der Waals surface area contributed by atoms with Crippen LogP contribution < -0.4 is 14.8 Å². The fourth-order valence-corrected chi connectivity index (χ4v) is 5.41. The first-order valence-corrected chi connectivity index (χ1v) is 13.2. The van der Waals surface area contributed by atoms with Crippen molar-refractivity contribution in [2.24, 2.45) is 0 Å². The standard InChI is InChI=1S/C27H30N2O5S2/c1-4-32-22-13-19(14-23-26(31)29(27(35)36-23)15-20-9-6-12-33-20)10-11-21(22)34-16-24(30)28-25-17(2)7-5-8-18(25)3/h5,7-8,10-11,13-14,20H,4,6,9,12,15-16H2,1-3H3,(H,28,30)/b23-14-/t20-/m1/s1. The number of ether oxygens (including phenoxy) is 3. The Labute approximate surface area is 221 Å². The van der Waals surface area contributed by atoms with Gasteiger partial charge in [-0.3, -0.25) is 14.5 Å². The first kappa shape index (κ1) is 26.2. The Kier molecular flexibility index (Phi) is 8.66. The molecular formula is C27H30N2O5S2. The van der Waals surface area contributed by atoms with Gasteiger partial charge in [-0.25, -0.2) is 0 Å². The molecule has 2 aliphatic heterocycles. The molecule has 2 aliphatic rings. The van der Waals surface area contributed by atoms with Crippen molar-refractivity contribution in [2.45, 2.75) is 39.7 Å². The van der Waals surface area contributed by atoms with Crippen LogP contribution in [0.3, 0.4) is 0 Å². The number of anilines is 1. The monoisotopic (exact) mass is 526 g/mol. The molecule has 2 amide bonds. The van der Waals surface area contributed by atoms with E-state index in [2.05, 4.69) is 5.32 Å². The number of nitrogens with one attached hydrogen (secondary N) is 1. The van der Waals surface area contributed by atoms with Crippen LogP contribution >= 0.6 is 24.0 Å². The summed E-state index contributed by atoms with van der Waals surface area (Å²) in [4.78, 5) is 27.7. The summed E-state index contributed by atoms with van der Waals surface area (Å²) in [7, 11) is 0. The summed E-state index contributed by atoms with van der Waals surface area (Å²) in [6.45, 7) is 7.27. The second-order valence-corrected chi connectivity index (χ2v) is 10.3. The number of rotatable bonds is 9. The molecule has 0 saturated carbocycles. The molecule has 0 bridgehead atoms. The highest BCUT2D eigenvalue weighted by Crippen LogP contribution is 2.35. The molecule has 2 aromatic rings. The van der Waals surface area contributed by atoms with Crippen LogP contribution in [0.1, 0.15) is 36.5 Å². The van der Waals surface area contributed by atoms with Crippen molar-refractivity contribution in [1.82, 2.24) is 4.90 Å². The van der Waals surface area contributed by atoms with Crippen molar-refractivity contribution in [3.63, 3.8) is 0 Å². The van der Waals surface area contributed by atoms with Crippen LogP contribution in [0.5, 0.6) is 11.5 Å². The Morgan fingerprint density at radius 3 is 2.69 bits per heavy atom. The maximum Gasteiger partial charge on any atom is 0.266 e. The molecule has 1 atom stereocenters. The summed E-state index contributed by atoms with van der Waals surface area (Å²) in [5, 5.41) is 2.92. The number of thiocarbonyl (C=S) groups is 1. The summed E-state index contributed by atoms with van der Waals surface area (Å²) >= 11 is 6.73. The third-order valence-corrected chi connectivity index (χ3v) is 7.33. The van der Waals surface area contributed by atoms with Crippen LogP contribution in [0, 0.1) is 13.8 Å². The molecule has 2 saturated heterocycles. The van der Waals surface area contributed by atoms with E-state index < -0.39 is 0 Å². The van der Waals surface area contributed by atoms with E-state index >= 15 is 0 Å². The van der Waals surface area contributed by atoms with Crippen LogP contribution in [-0.4, -0.2) is 53.5 Å². The van der Waals surface area contributed by atoms with E-state index in [1.54, 1.807) is 23.1 Å². The summed E-state index contributed by atoms with van der Waals surface area (Å²) in [5.41, 5.74) is 3.56. The molecule has 2 aromatic carbocycles. The van der Waals surface area contributed by atoms with Gasteiger partial charge in [-0.1, -0.05) is 48.2 Å². The predicted octanol–water partition coefficient (Wildman–Crippen LogP) is 5.10. The average Bonchev–Trinajstić information content (AvgIpc) is 3.45. The lowest BCUT2D eigenvalue weighted by Crippen LogP contribution is -2.35. The minimum atomic E-state index is -0.256. The third kappa shape index (κ3) is 6.27. The maximum absolute atomic E-state index is 13.0. The van der Waals surface area contributed by atoms with E-state index in [1.165, 1.54) is 11.8 Å². The Morgan fingerprint density at radius 1 is 1.22 bits per heavy atom. The third-order valence-electron chi connectivity index (χ3n) is 5.95. The van der Waals surface area contributed by atoms with E-state index in [9.17, 15) is 9.59 Å². The lowest BCUT2D eigenvalue weighted by atomic mass is 10.1. The summed E-state index contributed by atoms with van der Waals surface area (Å²) in [5.74, 6) is 0.591. The Hall–Kier alpha value is -2.88. The number of para-hydroxylation sites is 1. The highest BCUT2D eigenvalue weighted by Gasteiger charge is 2.34. The molecule has 0 radical (unpaired) electrons. The van der Waals surface area contributed by atoms with Gasteiger partial charge >= 0.3 is 0 Å². The quantitative estimate of drug-likeness (QED) is 0.360. The molecular weight excluding hydrogens is 496 g/mol. The minimum Gasteiger partial charge on any atom is -0.490 e. The number of carbonyl (C=O) groups is 2. The summed E-state index contributed by atoms with van der Waals surface area (Å²) in [6, 6.07) is 11.2. The minimum absolute atomic E-state index is 0.0414. The summed E-state index contributed by atoms with van der Waals surface area (Å²) in [6.07, 6.45) is 3.80. The Balaban J connectivity index is 1.43. The smallest absolute Gasteiger partial charge is 0.266 e. The predicted molar refractivity (Wildman–Crippen MR) is 147 cm³/mol. The molecule has 0 aliphatic carbocycles. The van der Waals surface area contributed by atoms with Gasteiger partial charge < -0.3 is 19.5 Å². The number of carbonyl (C=O) groups excluding carboxylic acids is 2. The lowest BCUT2D eigenvalue weighted by molar-refractivity contribution is -0.123. The number of hydrogen-bond acceptors (Lipinski definition) is 7. The van der Waals surface area contributed by atoms with E-state index in [0.29, 0.717) is 33.9 Å². The highest BCUT2D eigenvalue weighted by molar-refractivity contribution is 8.26. The fraction of sp³-hybridized carbons (Fsp3) is 0.370. The van der Waals surface area contributed by atoms with Gasteiger partial charge in [0.05, 0.1) is 24.2 Å². The molecule has 0 spiro atoms. The molecule has 0 unspecified atom stereocenters. The first-order valence-electron chi connectivity index (χ1n) is 12.0. The average molecular weight is 527 g/mol. The number of amides is 2. The van der Waals surface area contributed by atoms with Gasteiger partial charge in [0.1, 0.15) is 4.32 Å². The van der Waals surface area contributed by atoms with Crippen molar-refractivity contribution in [3.05, 3.63) is 58.0 Å². The van der Waals surface area contributed by atoms with Crippen molar-refractivity contribution in [2.75, 3.05) is 31.7 Å². The van der Waals surface area contributed by atoms with Gasteiger partial charge in [0.25, 0.3) is 11.8 Å². The molecule has 1 N–H and O–H groups in total. The Bertz CT molecular complexity index is 1170. The van der Waals surface area contributed by atoms with Gasteiger partial charge in [0, 0.05) is 12.3 Å². The van der Waals surface area contributed by atoms with Crippen LogP contribution in [0.15, 0.2) is 41.3 Å². The fourth-order valence-electron chi connectivity index (χ4n) is 4.13. The number of aryl methyl sites for hydroxylation is 2. The molecule has 9 heteroatoms. The number of thioether (sulfide) groups is 1. The van der Waals surface area contributed by atoms with Crippen LogP contribution in [0.25, 0.3) is 6.08 Å². The molecule has 2 fully saturated rings. The molecule has 4 rings (SSSR count). The molecule has 190 valence electrons.